The molecule has 1 aliphatic rings. The number of carbonyl (C=O) groups is 2. The number of benzene rings is 2. The van der Waals surface area contributed by atoms with Crippen LogP contribution in [0.2, 0.25) is 0 Å². The SMILES string of the molecule is Cc1cc(CNC(=O)c2cc(C(=O)NC3CC(F)(F)c4cc(-c5nnnn5C)ccc43)ncn2)ccc1F. The summed E-state index contributed by atoms with van der Waals surface area (Å²) in [5, 5.41) is 16.3. The van der Waals surface area contributed by atoms with E-state index >= 15 is 0 Å². The second kappa shape index (κ2) is 9.65. The van der Waals surface area contributed by atoms with E-state index < -0.39 is 30.2 Å². The summed E-state index contributed by atoms with van der Waals surface area (Å²) < 4.78 is 44.6. The standard InChI is InChI=1S/C25H21F3N8O2/c1-13-7-14(3-6-18(13)26)11-29-23(37)19-9-20(31-12-30-19)24(38)32-21-10-25(27,28)17-8-15(4-5-16(17)21)22-33-34-35-36(22)2/h3-9,12,21H,10-11H2,1-2H3,(H,29,37)(H,32,38). The fraction of sp³-hybridized carbons (Fsp3) is 0.240. The van der Waals surface area contributed by atoms with Crippen LogP contribution in [0.4, 0.5) is 13.2 Å². The molecule has 2 aromatic carbocycles. The van der Waals surface area contributed by atoms with Crippen molar-refractivity contribution in [3.8, 4) is 11.4 Å². The van der Waals surface area contributed by atoms with Crippen LogP contribution in [-0.2, 0) is 19.5 Å². The van der Waals surface area contributed by atoms with Crippen molar-refractivity contribution < 1.29 is 22.8 Å². The number of alkyl halides is 2. The number of aromatic nitrogens is 6. The summed E-state index contributed by atoms with van der Waals surface area (Å²) >= 11 is 0. The summed E-state index contributed by atoms with van der Waals surface area (Å²) in [6.45, 7) is 1.73. The van der Waals surface area contributed by atoms with Crippen LogP contribution in [0.15, 0.2) is 48.8 Å². The number of amides is 2. The van der Waals surface area contributed by atoms with Crippen LogP contribution < -0.4 is 10.6 Å². The molecular weight excluding hydrogens is 501 g/mol. The fourth-order valence-electron chi connectivity index (χ4n) is 4.32. The first-order valence-corrected chi connectivity index (χ1v) is 11.5. The molecule has 38 heavy (non-hydrogen) atoms. The Labute approximate surface area is 214 Å². The summed E-state index contributed by atoms with van der Waals surface area (Å²) in [5.41, 5.74) is 1.36. The molecule has 5 rings (SSSR count). The molecule has 0 bridgehead atoms. The minimum Gasteiger partial charge on any atom is -0.347 e. The van der Waals surface area contributed by atoms with Crippen LogP contribution in [-0.4, -0.2) is 42.0 Å². The monoisotopic (exact) mass is 522 g/mol. The molecule has 10 nitrogen and oxygen atoms in total. The van der Waals surface area contributed by atoms with Crippen LogP contribution >= 0.6 is 0 Å². The number of hydrogen-bond donors (Lipinski definition) is 2. The lowest BCUT2D eigenvalue weighted by molar-refractivity contribution is -0.00843. The number of tetrazole rings is 1. The highest BCUT2D eigenvalue weighted by molar-refractivity contribution is 5.97. The topological polar surface area (TPSA) is 128 Å². The molecule has 13 heteroatoms. The largest absolute Gasteiger partial charge is 0.347 e. The van der Waals surface area contributed by atoms with Gasteiger partial charge in [0.25, 0.3) is 17.7 Å². The highest BCUT2D eigenvalue weighted by Crippen LogP contribution is 2.48. The number of hydrogen-bond acceptors (Lipinski definition) is 7. The third-order valence-electron chi connectivity index (χ3n) is 6.27. The molecule has 2 amide bonds. The lowest BCUT2D eigenvalue weighted by Crippen LogP contribution is -2.30. The Morgan fingerprint density at radius 1 is 1.08 bits per heavy atom. The average Bonchev–Trinajstić information content (AvgIpc) is 3.44. The van der Waals surface area contributed by atoms with Crippen molar-refractivity contribution in [1.82, 2.24) is 40.8 Å². The normalized spacial score (nSPS) is 15.7. The van der Waals surface area contributed by atoms with Gasteiger partial charge in [0.15, 0.2) is 5.82 Å². The van der Waals surface area contributed by atoms with Gasteiger partial charge in [-0.1, -0.05) is 24.3 Å². The summed E-state index contributed by atoms with van der Waals surface area (Å²) in [6.07, 6.45) is 0.411. The summed E-state index contributed by atoms with van der Waals surface area (Å²) in [5.74, 6) is -4.52. The molecule has 4 aromatic rings. The lowest BCUT2D eigenvalue weighted by atomic mass is 10.0. The van der Waals surface area contributed by atoms with Crippen LogP contribution in [0, 0.1) is 12.7 Å². The van der Waals surface area contributed by atoms with E-state index in [0.29, 0.717) is 22.5 Å². The van der Waals surface area contributed by atoms with E-state index in [1.54, 1.807) is 32.2 Å². The van der Waals surface area contributed by atoms with Gasteiger partial charge in [0.05, 0.1) is 6.04 Å². The van der Waals surface area contributed by atoms with E-state index in [2.05, 4.69) is 36.1 Å². The zero-order valence-corrected chi connectivity index (χ0v) is 20.2. The van der Waals surface area contributed by atoms with Crippen molar-refractivity contribution in [3.05, 3.63) is 88.3 Å². The smallest absolute Gasteiger partial charge is 0.275 e. The van der Waals surface area contributed by atoms with E-state index in [1.165, 1.54) is 28.9 Å². The Morgan fingerprint density at radius 3 is 2.55 bits per heavy atom. The molecule has 0 radical (unpaired) electrons. The Morgan fingerprint density at radius 2 is 1.84 bits per heavy atom. The lowest BCUT2D eigenvalue weighted by Gasteiger charge is -2.14. The predicted octanol–water partition coefficient (Wildman–Crippen LogP) is 3.01. The first-order chi connectivity index (χ1) is 18.1. The number of nitrogens with zero attached hydrogens (tertiary/aromatic N) is 6. The van der Waals surface area contributed by atoms with Gasteiger partial charge in [0.2, 0.25) is 0 Å². The van der Waals surface area contributed by atoms with Crippen molar-refractivity contribution in [2.45, 2.75) is 31.9 Å². The number of halogens is 3. The maximum atomic E-state index is 14.9. The van der Waals surface area contributed by atoms with Gasteiger partial charge in [-0.15, -0.1) is 5.10 Å². The minimum atomic E-state index is -3.19. The molecule has 0 aliphatic heterocycles. The zero-order chi connectivity index (χ0) is 27.0. The van der Waals surface area contributed by atoms with Gasteiger partial charge in [-0.05, 0) is 46.2 Å². The number of fused-ring (bicyclic) bond motifs is 1. The third kappa shape index (κ3) is 4.82. The third-order valence-corrected chi connectivity index (χ3v) is 6.27. The van der Waals surface area contributed by atoms with Gasteiger partial charge < -0.3 is 10.6 Å². The Kier molecular flexibility index (Phi) is 6.35. The molecule has 1 aliphatic carbocycles. The Balaban J connectivity index is 1.29. The highest BCUT2D eigenvalue weighted by Gasteiger charge is 2.45. The maximum Gasteiger partial charge on any atom is 0.275 e. The first kappa shape index (κ1) is 25.0. The first-order valence-electron chi connectivity index (χ1n) is 11.5. The molecule has 0 fully saturated rings. The molecule has 2 heterocycles. The average molecular weight is 522 g/mol. The summed E-state index contributed by atoms with van der Waals surface area (Å²) in [6, 6.07) is 9.11. The molecule has 0 saturated carbocycles. The van der Waals surface area contributed by atoms with E-state index in [9.17, 15) is 22.8 Å². The number of nitrogens with one attached hydrogen (secondary N) is 2. The van der Waals surface area contributed by atoms with Gasteiger partial charge in [0.1, 0.15) is 23.5 Å². The van der Waals surface area contributed by atoms with Gasteiger partial charge in [-0.2, -0.15) is 0 Å². The maximum absolute atomic E-state index is 14.9. The highest BCUT2D eigenvalue weighted by atomic mass is 19.3. The number of rotatable bonds is 6. The number of carbonyl (C=O) groups excluding carboxylic acids is 2. The van der Waals surface area contributed by atoms with Crippen LogP contribution in [0.3, 0.4) is 0 Å². The van der Waals surface area contributed by atoms with Crippen LogP contribution in [0.25, 0.3) is 11.4 Å². The van der Waals surface area contributed by atoms with Crippen molar-refractivity contribution >= 4 is 11.8 Å². The van der Waals surface area contributed by atoms with Crippen molar-refractivity contribution in [2.75, 3.05) is 0 Å². The molecule has 2 aromatic heterocycles. The van der Waals surface area contributed by atoms with Gasteiger partial charge in [0, 0.05) is 37.2 Å². The summed E-state index contributed by atoms with van der Waals surface area (Å²) in [7, 11) is 1.60. The van der Waals surface area contributed by atoms with Gasteiger partial charge in [-0.3, -0.25) is 9.59 Å². The van der Waals surface area contributed by atoms with Crippen LogP contribution in [0.5, 0.6) is 0 Å². The quantitative estimate of drug-likeness (QED) is 0.399. The van der Waals surface area contributed by atoms with E-state index in [0.717, 1.165) is 6.33 Å². The second-order valence-corrected chi connectivity index (χ2v) is 8.92. The zero-order valence-electron chi connectivity index (χ0n) is 20.2. The predicted molar refractivity (Wildman–Crippen MR) is 127 cm³/mol. The Bertz CT molecular complexity index is 1560. The van der Waals surface area contributed by atoms with Crippen LogP contribution in [0.1, 0.15) is 55.7 Å². The molecule has 1 unspecified atom stereocenters. The molecule has 194 valence electrons. The van der Waals surface area contributed by atoms with E-state index in [4.69, 9.17) is 0 Å². The summed E-state index contributed by atoms with van der Waals surface area (Å²) in [4.78, 5) is 33.3. The molecule has 2 N–H and O–H groups in total. The van der Waals surface area contributed by atoms with Crippen molar-refractivity contribution in [2.24, 2.45) is 7.05 Å². The molecular formula is C25H21F3N8O2. The molecule has 1 atom stereocenters. The van der Waals surface area contributed by atoms with Gasteiger partial charge >= 0.3 is 0 Å². The minimum absolute atomic E-state index is 0.0805. The second-order valence-electron chi connectivity index (χ2n) is 8.92. The van der Waals surface area contributed by atoms with E-state index in [1.807, 2.05) is 0 Å². The molecule has 0 saturated heterocycles. The van der Waals surface area contributed by atoms with E-state index in [-0.39, 0.29) is 34.9 Å². The fourth-order valence-corrected chi connectivity index (χ4v) is 4.32. The van der Waals surface area contributed by atoms with Crippen molar-refractivity contribution in [3.63, 3.8) is 0 Å². The van der Waals surface area contributed by atoms with Crippen molar-refractivity contribution in [1.29, 1.82) is 0 Å². The Hall–Kier alpha value is -4.68. The molecule has 0 spiro atoms. The van der Waals surface area contributed by atoms with Gasteiger partial charge in [-0.25, -0.2) is 27.8 Å². The number of aryl methyl sites for hydroxylation is 2.